The predicted molar refractivity (Wildman–Crippen MR) is 82.4 cm³/mol. The molecule has 0 aromatic heterocycles. The number of nitrogen functional groups attached to an aromatic ring is 1. The van der Waals surface area contributed by atoms with Gasteiger partial charge in [0.2, 0.25) is 0 Å². The Morgan fingerprint density at radius 2 is 2.00 bits per heavy atom. The average molecular weight is 310 g/mol. The van der Waals surface area contributed by atoms with Gasteiger partial charge >= 0.3 is 0 Å². The number of unbranched alkanes of at least 4 members (excludes halogenated alkanes) is 1. The van der Waals surface area contributed by atoms with Gasteiger partial charge in [0.05, 0.1) is 5.56 Å². The average Bonchev–Trinajstić information content (AvgIpc) is 2.63. The molecule has 1 atom stereocenters. The summed E-state index contributed by atoms with van der Waals surface area (Å²) in [6.45, 7) is 4.38. The van der Waals surface area contributed by atoms with Gasteiger partial charge in [-0.1, -0.05) is 33.1 Å². The molecule has 1 aliphatic heterocycles. The quantitative estimate of drug-likeness (QED) is 0.819. The molecule has 2 rings (SSSR count). The van der Waals surface area contributed by atoms with Gasteiger partial charge < -0.3 is 5.73 Å². The molecule has 0 bridgehead atoms. The molecule has 0 spiro atoms. The predicted octanol–water partition coefficient (Wildman–Crippen LogP) is 2.63. The number of hydrogen-bond donors (Lipinski definition) is 1. The maximum absolute atomic E-state index is 12.5. The monoisotopic (exact) mass is 310 g/mol. The van der Waals surface area contributed by atoms with E-state index in [-0.39, 0.29) is 22.9 Å². The second-order valence-electron chi connectivity index (χ2n) is 5.51. The van der Waals surface area contributed by atoms with E-state index in [9.17, 15) is 13.2 Å². The summed E-state index contributed by atoms with van der Waals surface area (Å²) < 4.78 is 26.0. The molecule has 0 saturated heterocycles. The summed E-state index contributed by atoms with van der Waals surface area (Å²) in [5.41, 5.74) is 6.25. The molecule has 21 heavy (non-hydrogen) atoms. The van der Waals surface area contributed by atoms with Crippen molar-refractivity contribution in [3.8, 4) is 0 Å². The van der Waals surface area contributed by atoms with Gasteiger partial charge in [-0.05, 0) is 30.5 Å². The lowest BCUT2D eigenvalue weighted by Gasteiger charge is -2.21. The number of benzene rings is 1. The smallest absolute Gasteiger partial charge is 0.269 e. The van der Waals surface area contributed by atoms with E-state index in [4.69, 9.17) is 5.73 Å². The summed E-state index contributed by atoms with van der Waals surface area (Å²) >= 11 is 0. The van der Waals surface area contributed by atoms with Crippen LogP contribution >= 0.6 is 0 Å². The number of rotatable bonds is 6. The number of carbonyl (C=O) groups is 1. The van der Waals surface area contributed by atoms with E-state index in [1.165, 1.54) is 18.2 Å². The first-order chi connectivity index (χ1) is 9.91. The van der Waals surface area contributed by atoms with Crippen molar-refractivity contribution in [2.24, 2.45) is 5.92 Å². The fourth-order valence-electron chi connectivity index (χ4n) is 2.63. The second kappa shape index (κ2) is 6.05. The first kappa shape index (κ1) is 15.8. The molecule has 1 aliphatic rings. The zero-order valence-corrected chi connectivity index (χ0v) is 13.3. The van der Waals surface area contributed by atoms with Crippen LogP contribution in [0.3, 0.4) is 0 Å². The summed E-state index contributed by atoms with van der Waals surface area (Å²) in [7, 11) is -3.71. The number of anilines is 1. The summed E-state index contributed by atoms with van der Waals surface area (Å²) in [6.07, 6.45) is 3.90. The molecular formula is C15H22N2O3S. The summed E-state index contributed by atoms with van der Waals surface area (Å²) in [5, 5.41) is 0. The van der Waals surface area contributed by atoms with Gasteiger partial charge in [-0.2, -0.15) is 0 Å². The fourth-order valence-corrected chi connectivity index (χ4v) is 4.26. The van der Waals surface area contributed by atoms with Crippen LogP contribution in [-0.2, 0) is 10.0 Å². The van der Waals surface area contributed by atoms with Crippen molar-refractivity contribution in [2.75, 3.05) is 12.3 Å². The van der Waals surface area contributed by atoms with Gasteiger partial charge in [0.15, 0.2) is 0 Å². The van der Waals surface area contributed by atoms with E-state index in [1.807, 2.05) is 6.92 Å². The number of hydrogen-bond acceptors (Lipinski definition) is 4. The number of fused-ring (bicyclic) bond motifs is 1. The van der Waals surface area contributed by atoms with Crippen molar-refractivity contribution < 1.29 is 13.2 Å². The Morgan fingerprint density at radius 1 is 1.29 bits per heavy atom. The maximum Gasteiger partial charge on any atom is 0.269 e. The SMILES string of the molecule is CCCCC(CC)CN1C(=O)c2cc(N)ccc2S1(=O)=O. The third-order valence-electron chi connectivity index (χ3n) is 4.00. The summed E-state index contributed by atoms with van der Waals surface area (Å²) in [4.78, 5) is 12.5. The highest BCUT2D eigenvalue weighted by Gasteiger charge is 2.41. The summed E-state index contributed by atoms with van der Waals surface area (Å²) in [5.74, 6) is -0.248. The number of amides is 1. The van der Waals surface area contributed by atoms with Gasteiger partial charge in [0.1, 0.15) is 4.90 Å². The minimum Gasteiger partial charge on any atom is -0.399 e. The summed E-state index contributed by atoms with van der Waals surface area (Å²) in [6, 6.07) is 4.38. The van der Waals surface area contributed by atoms with Crippen LogP contribution in [0.4, 0.5) is 5.69 Å². The van der Waals surface area contributed by atoms with Gasteiger partial charge in [-0.3, -0.25) is 4.79 Å². The number of sulfonamides is 1. The Kier molecular flexibility index (Phi) is 4.56. The molecule has 6 heteroatoms. The Hall–Kier alpha value is -1.56. The van der Waals surface area contributed by atoms with E-state index in [1.54, 1.807) is 0 Å². The topological polar surface area (TPSA) is 80.5 Å². The highest BCUT2D eigenvalue weighted by Crippen LogP contribution is 2.33. The zero-order chi connectivity index (χ0) is 15.6. The van der Waals surface area contributed by atoms with Crippen molar-refractivity contribution >= 4 is 21.6 Å². The minimum absolute atomic E-state index is 0.0760. The van der Waals surface area contributed by atoms with Crippen LogP contribution in [-0.4, -0.2) is 25.2 Å². The molecule has 1 aromatic carbocycles. The van der Waals surface area contributed by atoms with Crippen LogP contribution in [0.5, 0.6) is 0 Å². The van der Waals surface area contributed by atoms with Crippen molar-refractivity contribution in [1.29, 1.82) is 0 Å². The standard InChI is InChI=1S/C15H22N2O3S/c1-3-5-6-11(4-2)10-17-15(18)13-9-12(16)7-8-14(13)21(17,19)20/h7-9,11H,3-6,10,16H2,1-2H3. The van der Waals surface area contributed by atoms with E-state index in [0.29, 0.717) is 5.69 Å². The molecule has 0 saturated carbocycles. The number of nitrogens with two attached hydrogens (primary N) is 1. The lowest BCUT2D eigenvalue weighted by atomic mass is 9.99. The molecule has 1 aromatic rings. The lowest BCUT2D eigenvalue weighted by Crippen LogP contribution is -2.34. The molecule has 5 nitrogen and oxygen atoms in total. The molecule has 0 fully saturated rings. The number of nitrogens with zero attached hydrogens (tertiary/aromatic N) is 1. The van der Waals surface area contributed by atoms with E-state index < -0.39 is 15.9 Å². The van der Waals surface area contributed by atoms with Gasteiger partial charge in [0, 0.05) is 12.2 Å². The van der Waals surface area contributed by atoms with Gasteiger partial charge in [-0.25, -0.2) is 12.7 Å². The van der Waals surface area contributed by atoms with Gasteiger partial charge in [0.25, 0.3) is 15.9 Å². The first-order valence-corrected chi connectivity index (χ1v) is 8.82. The Balaban J connectivity index is 2.28. The van der Waals surface area contributed by atoms with Crippen LogP contribution in [0, 0.1) is 5.92 Å². The normalized spacial score (nSPS) is 17.8. The van der Waals surface area contributed by atoms with Crippen molar-refractivity contribution in [2.45, 2.75) is 44.4 Å². The zero-order valence-electron chi connectivity index (χ0n) is 12.5. The van der Waals surface area contributed by atoms with Crippen LogP contribution in [0.1, 0.15) is 49.9 Å². The highest BCUT2D eigenvalue weighted by atomic mass is 32.2. The van der Waals surface area contributed by atoms with Crippen LogP contribution in [0.25, 0.3) is 0 Å². The molecule has 1 heterocycles. The first-order valence-electron chi connectivity index (χ1n) is 7.38. The molecule has 1 unspecified atom stereocenters. The lowest BCUT2D eigenvalue weighted by molar-refractivity contribution is 0.0854. The third-order valence-corrected chi connectivity index (χ3v) is 5.80. The van der Waals surface area contributed by atoms with E-state index in [2.05, 4.69) is 6.92 Å². The van der Waals surface area contributed by atoms with Crippen LogP contribution < -0.4 is 5.73 Å². The fraction of sp³-hybridized carbons (Fsp3) is 0.533. The van der Waals surface area contributed by atoms with Crippen LogP contribution in [0.2, 0.25) is 0 Å². The van der Waals surface area contributed by atoms with E-state index in [0.717, 1.165) is 30.0 Å². The Morgan fingerprint density at radius 3 is 2.62 bits per heavy atom. The van der Waals surface area contributed by atoms with E-state index >= 15 is 0 Å². The Labute approximate surface area is 126 Å². The molecule has 116 valence electrons. The largest absolute Gasteiger partial charge is 0.399 e. The number of carbonyl (C=O) groups excluding carboxylic acids is 1. The molecule has 2 N–H and O–H groups in total. The van der Waals surface area contributed by atoms with Gasteiger partial charge in [-0.15, -0.1) is 0 Å². The Bertz CT molecular complexity index is 640. The molecular weight excluding hydrogens is 288 g/mol. The van der Waals surface area contributed by atoms with Crippen molar-refractivity contribution in [1.82, 2.24) is 4.31 Å². The van der Waals surface area contributed by atoms with Crippen LogP contribution in [0.15, 0.2) is 23.1 Å². The van der Waals surface area contributed by atoms with Crippen molar-refractivity contribution in [3.05, 3.63) is 23.8 Å². The molecule has 1 amide bonds. The maximum atomic E-state index is 12.5. The van der Waals surface area contributed by atoms with Crippen molar-refractivity contribution in [3.63, 3.8) is 0 Å². The second-order valence-corrected chi connectivity index (χ2v) is 7.34. The third kappa shape index (κ3) is 2.90. The molecule has 0 aliphatic carbocycles. The molecule has 0 radical (unpaired) electrons. The minimum atomic E-state index is -3.71. The highest BCUT2D eigenvalue weighted by molar-refractivity contribution is 7.90.